The molecule has 1 heterocycles. The van der Waals surface area contributed by atoms with E-state index in [9.17, 15) is 0 Å². The minimum atomic E-state index is -0.552. The summed E-state index contributed by atoms with van der Waals surface area (Å²) >= 11 is 0. The number of aliphatic hydroxyl groups excluding tert-OH is 2. The minimum absolute atomic E-state index is 0.0807. The summed E-state index contributed by atoms with van der Waals surface area (Å²) in [6.07, 6.45) is 0. The molecule has 0 saturated carbocycles. The van der Waals surface area contributed by atoms with Gasteiger partial charge in [-0.2, -0.15) is 5.10 Å². The molecule has 80 valence electrons. The monoisotopic (exact) mass is 199 g/mol. The van der Waals surface area contributed by atoms with Gasteiger partial charge in [-0.25, -0.2) is 0 Å². The maximum atomic E-state index is 9.11. The highest BCUT2D eigenvalue weighted by atomic mass is 16.3. The zero-order valence-electron chi connectivity index (χ0n) is 8.56. The van der Waals surface area contributed by atoms with Gasteiger partial charge < -0.3 is 15.9 Å². The maximum Gasteiger partial charge on any atom is 0.145 e. The van der Waals surface area contributed by atoms with Crippen LogP contribution in [0.2, 0.25) is 0 Å². The molecule has 5 heteroatoms. The van der Waals surface area contributed by atoms with Crippen molar-refractivity contribution in [3.05, 3.63) is 11.8 Å². The van der Waals surface area contributed by atoms with E-state index in [1.54, 1.807) is 17.7 Å². The Morgan fingerprint density at radius 1 is 1.50 bits per heavy atom. The van der Waals surface area contributed by atoms with Gasteiger partial charge in [0, 0.05) is 17.2 Å². The summed E-state index contributed by atoms with van der Waals surface area (Å²) in [5, 5.41) is 22.3. The molecule has 0 aliphatic carbocycles. The van der Waals surface area contributed by atoms with Gasteiger partial charge in [-0.05, 0) is 6.92 Å². The average molecular weight is 199 g/mol. The van der Waals surface area contributed by atoms with E-state index in [2.05, 4.69) is 5.10 Å². The molecule has 1 rings (SSSR count). The second-order valence-electron chi connectivity index (χ2n) is 4.00. The van der Waals surface area contributed by atoms with Crippen molar-refractivity contribution in [1.29, 1.82) is 0 Å². The van der Waals surface area contributed by atoms with Gasteiger partial charge in [-0.1, -0.05) is 6.92 Å². The lowest BCUT2D eigenvalue weighted by atomic mass is 9.93. The number of aliphatic hydroxyl groups is 2. The fourth-order valence-electron chi connectivity index (χ4n) is 1.21. The number of nitrogens with zero attached hydrogens (tertiary/aromatic N) is 2. The normalized spacial score (nSPS) is 12.0. The third-order valence-corrected chi connectivity index (χ3v) is 2.30. The first kappa shape index (κ1) is 11.0. The van der Waals surface area contributed by atoms with Gasteiger partial charge in [0.15, 0.2) is 0 Å². The van der Waals surface area contributed by atoms with Crippen LogP contribution < -0.4 is 5.73 Å². The summed E-state index contributed by atoms with van der Waals surface area (Å²) in [6.45, 7) is 3.98. The van der Waals surface area contributed by atoms with Gasteiger partial charge in [-0.3, -0.25) is 4.68 Å². The molecule has 0 unspecified atom stereocenters. The Hall–Kier alpha value is -1.07. The minimum Gasteiger partial charge on any atom is -0.396 e. The van der Waals surface area contributed by atoms with Crippen LogP contribution >= 0.6 is 0 Å². The van der Waals surface area contributed by atoms with Crippen molar-refractivity contribution in [3.63, 3.8) is 0 Å². The lowest BCUT2D eigenvalue weighted by Gasteiger charge is -2.24. The Morgan fingerprint density at radius 3 is 2.43 bits per heavy atom. The molecule has 5 nitrogen and oxygen atoms in total. The molecule has 0 fully saturated rings. The fraction of sp³-hybridized carbons (Fsp3) is 0.667. The molecule has 0 radical (unpaired) electrons. The van der Waals surface area contributed by atoms with Crippen LogP contribution in [-0.2, 0) is 6.54 Å². The average Bonchev–Trinajstić information content (AvgIpc) is 2.45. The number of aryl methyl sites for hydroxylation is 1. The van der Waals surface area contributed by atoms with E-state index in [0.29, 0.717) is 12.4 Å². The third-order valence-electron chi connectivity index (χ3n) is 2.30. The number of rotatable bonds is 4. The Balaban J connectivity index is 2.81. The standard InChI is InChI=1S/C9H17N3O2/c1-7-3-8(10)11-12(7)4-9(2,5-13)6-14/h3,13-14H,4-6H2,1-2H3,(H2,10,11). The summed E-state index contributed by atoms with van der Waals surface area (Å²) in [5.41, 5.74) is 5.90. The maximum absolute atomic E-state index is 9.11. The van der Waals surface area contributed by atoms with Gasteiger partial charge in [-0.15, -0.1) is 0 Å². The highest BCUT2D eigenvalue weighted by Gasteiger charge is 2.24. The number of anilines is 1. The predicted molar refractivity (Wildman–Crippen MR) is 53.7 cm³/mol. The number of nitrogens with two attached hydrogens (primary N) is 1. The number of hydrogen-bond donors (Lipinski definition) is 3. The molecule has 0 saturated heterocycles. The number of hydrogen-bond acceptors (Lipinski definition) is 4. The van der Waals surface area contributed by atoms with Crippen LogP contribution in [0.25, 0.3) is 0 Å². The molecule has 0 spiro atoms. The van der Waals surface area contributed by atoms with Crippen LogP contribution in [0.5, 0.6) is 0 Å². The summed E-state index contributed by atoms with van der Waals surface area (Å²) in [7, 11) is 0. The van der Waals surface area contributed by atoms with Crippen LogP contribution in [0.15, 0.2) is 6.07 Å². The van der Waals surface area contributed by atoms with Crippen molar-refractivity contribution in [2.45, 2.75) is 20.4 Å². The first-order valence-corrected chi connectivity index (χ1v) is 4.52. The second-order valence-corrected chi connectivity index (χ2v) is 4.00. The first-order chi connectivity index (χ1) is 6.50. The third kappa shape index (κ3) is 2.24. The molecule has 4 N–H and O–H groups in total. The van der Waals surface area contributed by atoms with Crippen molar-refractivity contribution < 1.29 is 10.2 Å². The molecule has 0 aromatic carbocycles. The lowest BCUT2D eigenvalue weighted by Crippen LogP contribution is -2.32. The van der Waals surface area contributed by atoms with E-state index in [4.69, 9.17) is 15.9 Å². The molecule has 0 aliphatic rings. The van der Waals surface area contributed by atoms with Gasteiger partial charge in [0.05, 0.1) is 19.8 Å². The van der Waals surface area contributed by atoms with Crippen molar-refractivity contribution >= 4 is 5.82 Å². The highest BCUT2D eigenvalue weighted by molar-refractivity contribution is 5.28. The lowest BCUT2D eigenvalue weighted by molar-refractivity contribution is 0.0520. The Morgan fingerprint density at radius 2 is 2.07 bits per heavy atom. The SMILES string of the molecule is Cc1cc(N)nn1CC(C)(CO)CO. The molecule has 0 bridgehead atoms. The van der Waals surface area contributed by atoms with Crippen LogP contribution in [0.1, 0.15) is 12.6 Å². The Kier molecular flexibility index (Phi) is 3.13. The van der Waals surface area contributed by atoms with Gasteiger partial charge in [0.2, 0.25) is 0 Å². The summed E-state index contributed by atoms with van der Waals surface area (Å²) in [5.74, 6) is 0.459. The summed E-state index contributed by atoms with van der Waals surface area (Å²) in [6, 6.07) is 1.76. The van der Waals surface area contributed by atoms with Crippen molar-refractivity contribution in [1.82, 2.24) is 9.78 Å². The van der Waals surface area contributed by atoms with Crippen molar-refractivity contribution in [2.24, 2.45) is 5.41 Å². The van der Waals surface area contributed by atoms with Crippen LogP contribution in [0, 0.1) is 12.3 Å². The van der Waals surface area contributed by atoms with Crippen LogP contribution in [0.4, 0.5) is 5.82 Å². The van der Waals surface area contributed by atoms with E-state index < -0.39 is 5.41 Å². The van der Waals surface area contributed by atoms with E-state index in [1.807, 2.05) is 6.92 Å². The van der Waals surface area contributed by atoms with Gasteiger partial charge >= 0.3 is 0 Å². The largest absolute Gasteiger partial charge is 0.396 e. The Labute approximate surface area is 83.2 Å². The summed E-state index contributed by atoms with van der Waals surface area (Å²) in [4.78, 5) is 0. The molecular weight excluding hydrogens is 182 g/mol. The van der Waals surface area contributed by atoms with Crippen molar-refractivity contribution in [2.75, 3.05) is 18.9 Å². The molecule has 0 atom stereocenters. The van der Waals surface area contributed by atoms with Crippen LogP contribution in [0.3, 0.4) is 0 Å². The molecule has 1 aromatic heterocycles. The van der Waals surface area contributed by atoms with Gasteiger partial charge in [0.25, 0.3) is 0 Å². The molecule has 1 aromatic rings. The van der Waals surface area contributed by atoms with E-state index in [0.717, 1.165) is 5.69 Å². The highest BCUT2D eigenvalue weighted by Crippen LogP contribution is 2.18. The Bertz CT molecular complexity index is 305. The van der Waals surface area contributed by atoms with E-state index in [1.165, 1.54) is 0 Å². The van der Waals surface area contributed by atoms with Crippen LogP contribution in [-0.4, -0.2) is 33.2 Å². The van der Waals surface area contributed by atoms with Crippen molar-refractivity contribution in [3.8, 4) is 0 Å². The first-order valence-electron chi connectivity index (χ1n) is 4.52. The number of nitrogen functional groups attached to an aromatic ring is 1. The van der Waals surface area contributed by atoms with E-state index >= 15 is 0 Å². The zero-order chi connectivity index (χ0) is 10.8. The second kappa shape index (κ2) is 3.98. The molecule has 0 amide bonds. The summed E-state index contributed by atoms with van der Waals surface area (Å²) < 4.78 is 1.70. The molecule has 14 heavy (non-hydrogen) atoms. The smallest absolute Gasteiger partial charge is 0.145 e. The molecule has 0 aliphatic heterocycles. The fourth-order valence-corrected chi connectivity index (χ4v) is 1.21. The van der Waals surface area contributed by atoms with E-state index in [-0.39, 0.29) is 13.2 Å². The molecular formula is C9H17N3O2. The predicted octanol–water partition coefficient (Wildman–Crippen LogP) is -0.235. The zero-order valence-corrected chi connectivity index (χ0v) is 8.56. The van der Waals surface area contributed by atoms with Gasteiger partial charge in [0.1, 0.15) is 5.82 Å². The number of aromatic nitrogens is 2. The topological polar surface area (TPSA) is 84.3 Å². The quantitative estimate of drug-likeness (QED) is 0.625.